The molecule has 32 heavy (non-hydrogen) atoms. The zero-order valence-corrected chi connectivity index (χ0v) is 18.8. The zero-order valence-electron chi connectivity index (χ0n) is 18.8. The molecule has 0 saturated carbocycles. The van der Waals surface area contributed by atoms with Gasteiger partial charge in [-0.25, -0.2) is 0 Å². The number of carbonyl (C=O) groups excluding carboxylic acids is 1. The van der Waals surface area contributed by atoms with Crippen molar-refractivity contribution in [3.8, 4) is 0 Å². The van der Waals surface area contributed by atoms with Crippen LogP contribution >= 0.6 is 0 Å². The maximum atomic E-state index is 14.0. The van der Waals surface area contributed by atoms with Crippen molar-refractivity contribution in [3.05, 3.63) is 71.5 Å². The molecule has 166 valence electrons. The van der Waals surface area contributed by atoms with Crippen LogP contribution in [0.4, 0.5) is 0 Å². The Balaban J connectivity index is 1.29. The fraction of sp³-hybridized carbons (Fsp3) is 0.464. The van der Waals surface area contributed by atoms with Crippen LogP contribution in [0, 0.1) is 5.92 Å². The molecule has 0 bridgehead atoms. The molecule has 2 aliphatic heterocycles. The number of aryl methyl sites for hydroxylation is 1. The minimum absolute atomic E-state index is 0.00434. The quantitative estimate of drug-likeness (QED) is 0.623. The van der Waals surface area contributed by atoms with Crippen LogP contribution in [0.25, 0.3) is 11.0 Å². The Kier molecular flexibility index (Phi) is 4.87. The molecule has 6 rings (SSSR count). The van der Waals surface area contributed by atoms with Gasteiger partial charge in [0.15, 0.2) is 0 Å². The molecule has 1 amide bonds. The van der Waals surface area contributed by atoms with Gasteiger partial charge in [-0.3, -0.25) is 4.79 Å². The third-order valence-corrected chi connectivity index (χ3v) is 8.49. The molecule has 4 heteroatoms. The number of nitrogens with one attached hydrogen (secondary N) is 1. The number of carbonyl (C=O) groups is 1. The Labute approximate surface area is 190 Å². The van der Waals surface area contributed by atoms with E-state index in [9.17, 15) is 4.79 Å². The predicted molar refractivity (Wildman–Crippen MR) is 127 cm³/mol. The number of amides is 1. The minimum atomic E-state index is -0.109. The van der Waals surface area contributed by atoms with Crippen LogP contribution in [0.1, 0.15) is 55.2 Å². The van der Waals surface area contributed by atoms with Crippen molar-refractivity contribution in [2.24, 2.45) is 5.92 Å². The molecule has 3 heterocycles. The molecule has 4 unspecified atom stereocenters. The normalized spacial score (nSPS) is 30.0. The molecule has 2 fully saturated rings. The Hall–Kier alpha value is -2.59. The van der Waals surface area contributed by atoms with Crippen LogP contribution in [-0.4, -0.2) is 36.5 Å². The lowest BCUT2D eigenvalue weighted by Gasteiger charge is -2.44. The van der Waals surface area contributed by atoms with Gasteiger partial charge >= 0.3 is 0 Å². The third-order valence-electron chi connectivity index (χ3n) is 8.49. The van der Waals surface area contributed by atoms with Gasteiger partial charge in [-0.15, -0.1) is 0 Å². The van der Waals surface area contributed by atoms with Crippen LogP contribution in [0.3, 0.4) is 0 Å². The highest BCUT2D eigenvalue weighted by molar-refractivity contribution is 5.85. The summed E-state index contributed by atoms with van der Waals surface area (Å²) >= 11 is 0. The fourth-order valence-electron chi connectivity index (χ4n) is 6.88. The molecular formula is C28H32N2O2. The molecule has 1 N–H and O–H groups in total. The van der Waals surface area contributed by atoms with Crippen molar-refractivity contribution in [1.82, 2.24) is 10.2 Å². The maximum Gasteiger partial charge on any atom is 0.228 e. The lowest BCUT2D eigenvalue weighted by Crippen LogP contribution is -2.52. The van der Waals surface area contributed by atoms with Crippen molar-refractivity contribution >= 4 is 16.9 Å². The van der Waals surface area contributed by atoms with E-state index < -0.39 is 0 Å². The van der Waals surface area contributed by atoms with Gasteiger partial charge in [0.05, 0.1) is 12.2 Å². The first-order chi connectivity index (χ1) is 15.7. The molecule has 1 aromatic heterocycles. The van der Waals surface area contributed by atoms with Crippen LogP contribution < -0.4 is 5.32 Å². The van der Waals surface area contributed by atoms with Crippen molar-refractivity contribution in [2.75, 3.05) is 19.6 Å². The van der Waals surface area contributed by atoms with Gasteiger partial charge in [0.2, 0.25) is 5.91 Å². The first-order valence-electron chi connectivity index (χ1n) is 12.2. The summed E-state index contributed by atoms with van der Waals surface area (Å²) in [5, 5.41) is 4.78. The van der Waals surface area contributed by atoms with Crippen LogP contribution in [0.2, 0.25) is 0 Å². The lowest BCUT2D eigenvalue weighted by atomic mass is 9.63. The maximum absolute atomic E-state index is 14.0. The summed E-state index contributed by atoms with van der Waals surface area (Å²) in [6.45, 7) is 4.76. The van der Waals surface area contributed by atoms with Gasteiger partial charge in [-0.1, -0.05) is 42.5 Å². The van der Waals surface area contributed by atoms with E-state index in [1.165, 1.54) is 22.1 Å². The molecule has 3 aliphatic rings. The zero-order chi connectivity index (χ0) is 21.7. The molecule has 1 aliphatic carbocycles. The summed E-state index contributed by atoms with van der Waals surface area (Å²) in [4.78, 5) is 16.2. The highest BCUT2D eigenvalue weighted by Gasteiger charge is 2.52. The van der Waals surface area contributed by atoms with Crippen LogP contribution in [0.5, 0.6) is 0 Å². The van der Waals surface area contributed by atoms with Gasteiger partial charge < -0.3 is 14.6 Å². The number of hydrogen-bond donors (Lipinski definition) is 1. The van der Waals surface area contributed by atoms with Gasteiger partial charge in [-0.05, 0) is 67.7 Å². The summed E-state index contributed by atoms with van der Waals surface area (Å²) in [6, 6.07) is 17.6. The Bertz CT molecular complexity index is 1140. The Morgan fingerprint density at radius 3 is 2.88 bits per heavy atom. The summed E-state index contributed by atoms with van der Waals surface area (Å²) in [5.74, 6) is 0.902. The van der Waals surface area contributed by atoms with E-state index in [0.717, 1.165) is 57.3 Å². The van der Waals surface area contributed by atoms with Gasteiger partial charge in [0.1, 0.15) is 5.58 Å². The van der Waals surface area contributed by atoms with Gasteiger partial charge in [0, 0.05) is 36.5 Å². The average Bonchev–Trinajstić information content (AvgIpc) is 3.47. The third kappa shape index (κ3) is 3.03. The minimum Gasteiger partial charge on any atom is -0.464 e. The molecule has 4 nitrogen and oxygen atoms in total. The van der Waals surface area contributed by atoms with Crippen LogP contribution in [0.15, 0.2) is 59.2 Å². The highest BCUT2D eigenvalue weighted by atomic mass is 16.3. The van der Waals surface area contributed by atoms with Crippen molar-refractivity contribution in [2.45, 2.75) is 56.4 Å². The number of furan rings is 1. The second-order valence-corrected chi connectivity index (χ2v) is 10.1. The monoisotopic (exact) mass is 428 g/mol. The second-order valence-electron chi connectivity index (χ2n) is 10.1. The highest BCUT2D eigenvalue weighted by Crippen LogP contribution is 2.48. The standard InChI is InChI=1S/C28H32N2O2/c1-19-16-22(20-6-3-2-4-7-20)11-14-30(19)27(31)25-17-29-18-28(25)13-5-8-23-24(28)10-9-21-12-15-32-26(21)23/h2-4,6-7,9-10,12,15,19,22,25,29H,5,8,11,13-14,16-18H2,1H3. The number of nitrogens with zero attached hydrogens (tertiary/aromatic N) is 1. The topological polar surface area (TPSA) is 45.5 Å². The molecule has 1 spiro atoms. The molecule has 2 aromatic carbocycles. The van der Waals surface area contributed by atoms with Crippen molar-refractivity contribution < 1.29 is 9.21 Å². The van der Waals surface area contributed by atoms with Gasteiger partial charge in [0.25, 0.3) is 0 Å². The van der Waals surface area contributed by atoms with E-state index in [1.807, 2.05) is 6.07 Å². The van der Waals surface area contributed by atoms with E-state index in [4.69, 9.17) is 4.42 Å². The summed E-state index contributed by atoms with van der Waals surface area (Å²) < 4.78 is 5.89. The number of likely N-dealkylation sites (tertiary alicyclic amines) is 1. The molecule has 0 radical (unpaired) electrons. The Morgan fingerprint density at radius 1 is 1.16 bits per heavy atom. The lowest BCUT2D eigenvalue weighted by molar-refractivity contribution is -0.140. The summed E-state index contributed by atoms with van der Waals surface area (Å²) in [5.41, 5.74) is 5.00. The summed E-state index contributed by atoms with van der Waals surface area (Å²) in [6.07, 6.45) is 7.12. The second kappa shape index (κ2) is 7.77. The van der Waals surface area contributed by atoms with Gasteiger partial charge in [-0.2, -0.15) is 0 Å². The first kappa shape index (κ1) is 20.0. The SMILES string of the molecule is CC1CC(c2ccccc2)CCN1C(=O)C1CNCC12CCCc1c2ccc2ccoc12. The Morgan fingerprint density at radius 2 is 2.03 bits per heavy atom. The van der Waals surface area contributed by atoms with Crippen molar-refractivity contribution in [1.29, 1.82) is 0 Å². The summed E-state index contributed by atoms with van der Waals surface area (Å²) in [7, 11) is 0. The van der Waals surface area contributed by atoms with E-state index in [0.29, 0.717) is 11.8 Å². The van der Waals surface area contributed by atoms with Crippen molar-refractivity contribution in [3.63, 3.8) is 0 Å². The smallest absolute Gasteiger partial charge is 0.228 e. The van der Waals surface area contributed by atoms with E-state index in [-0.39, 0.29) is 17.4 Å². The predicted octanol–water partition coefficient (Wildman–Crippen LogP) is 5.02. The number of benzene rings is 2. The molecule has 2 saturated heterocycles. The van der Waals surface area contributed by atoms with E-state index in [2.05, 4.69) is 59.6 Å². The fourth-order valence-corrected chi connectivity index (χ4v) is 6.88. The molecule has 4 atom stereocenters. The average molecular weight is 429 g/mol. The number of rotatable bonds is 2. The molecular weight excluding hydrogens is 396 g/mol. The number of fused-ring (bicyclic) bond motifs is 4. The number of piperidine rings is 1. The number of hydrogen-bond acceptors (Lipinski definition) is 3. The first-order valence-corrected chi connectivity index (χ1v) is 12.2. The largest absolute Gasteiger partial charge is 0.464 e. The van der Waals surface area contributed by atoms with E-state index >= 15 is 0 Å². The molecule has 3 aromatic rings. The van der Waals surface area contributed by atoms with Crippen LogP contribution in [-0.2, 0) is 16.6 Å². The van der Waals surface area contributed by atoms with E-state index in [1.54, 1.807) is 6.26 Å².